The second kappa shape index (κ2) is 5.19. The number of hydrazine groups is 1. The third-order valence-electron chi connectivity index (χ3n) is 2.26. The molecule has 1 fully saturated rings. The van der Waals surface area contributed by atoms with E-state index in [0.29, 0.717) is 13.0 Å². The molecule has 0 spiro atoms. The molecule has 1 amide bonds. The summed E-state index contributed by atoms with van der Waals surface area (Å²) in [5, 5.41) is 3.94. The van der Waals surface area contributed by atoms with Crippen LogP contribution in [0, 0.1) is 0 Å². The highest BCUT2D eigenvalue weighted by Gasteiger charge is 2.23. The quantitative estimate of drug-likeness (QED) is 0.680. The Morgan fingerprint density at radius 2 is 2.23 bits per heavy atom. The van der Waals surface area contributed by atoms with Gasteiger partial charge in [-0.3, -0.25) is 9.80 Å². The maximum absolute atomic E-state index is 11.5. The van der Waals surface area contributed by atoms with Crippen molar-refractivity contribution in [1.82, 2.24) is 10.0 Å². The number of nitrogens with two attached hydrogens (primary N) is 1. The Labute approximate surface area is 79.6 Å². The van der Waals surface area contributed by atoms with E-state index in [1.807, 2.05) is 5.01 Å². The predicted molar refractivity (Wildman–Crippen MR) is 51.9 cm³/mol. The normalized spacial score (nSPS) is 19.5. The maximum atomic E-state index is 11.5. The molecular formula is C9H19N3O. The van der Waals surface area contributed by atoms with E-state index in [2.05, 4.69) is 11.9 Å². The Balaban J connectivity index is 2.51. The molecule has 4 heteroatoms. The van der Waals surface area contributed by atoms with E-state index >= 15 is 0 Å². The molecule has 1 heterocycles. The van der Waals surface area contributed by atoms with Gasteiger partial charge in [-0.1, -0.05) is 6.92 Å². The average molecular weight is 185 g/mol. The van der Waals surface area contributed by atoms with Gasteiger partial charge in [-0.2, -0.15) is 0 Å². The van der Waals surface area contributed by atoms with Crippen molar-refractivity contribution in [3.8, 4) is 0 Å². The lowest BCUT2D eigenvalue weighted by Crippen LogP contribution is -2.52. The van der Waals surface area contributed by atoms with Crippen LogP contribution >= 0.6 is 0 Å². The Morgan fingerprint density at radius 3 is 2.85 bits per heavy atom. The van der Waals surface area contributed by atoms with Gasteiger partial charge in [0.05, 0.1) is 0 Å². The van der Waals surface area contributed by atoms with Gasteiger partial charge in [0.1, 0.15) is 0 Å². The van der Waals surface area contributed by atoms with E-state index in [0.717, 1.165) is 32.5 Å². The largest absolute Gasteiger partial charge is 0.329 e. The van der Waals surface area contributed by atoms with Crippen LogP contribution in [0.4, 0.5) is 0 Å². The number of rotatable bonds is 4. The van der Waals surface area contributed by atoms with Crippen molar-refractivity contribution >= 4 is 5.91 Å². The van der Waals surface area contributed by atoms with Crippen molar-refractivity contribution in [2.45, 2.75) is 26.2 Å². The molecule has 0 bridgehead atoms. The first-order valence-corrected chi connectivity index (χ1v) is 5.05. The molecule has 0 aliphatic carbocycles. The zero-order chi connectivity index (χ0) is 9.68. The predicted octanol–water partition coefficient (Wildman–Crippen LogP) is 0.195. The van der Waals surface area contributed by atoms with E-state index < -0.39 is 0 Å². The van der Waals surface area contributed by atoms with Gasteiger partial charge in [0.25, 0.3) is 0 Å². The highest BCUT2D eigenvalue weighted by Crippen LogP contribution is 2.11. The van der Waals surface area contributed by atoms with Crippen LogP contribution in [-0.4, -0.2) is 42.1 Å². The lowest BCUT2D eigenvalue weighted by Gasteiger charge is -2.38. The molecule has 0 aromatic heterocycles. The van der Waals surface area contributed by atoms with Crippen LogP contribution in [0.25, 0.3) is 0 Å². The molecule has 0 aromatic carbocycles. The molecule has 0 atom stereocenters. The van der Waals surface area contributed by atoms with Crippen molar-refractivity contribution in [2.75, 3.05) is 26.2 Å². The van der Waals surface area contributed by atoms with Crippen molar-refractivity contribution in [3.05, 3.63) is 0 Å². The van der Waals surface area contributed by atoms with Crippen LogP contribution in [-0.2, 0) is 4.79 Å². The first-order valence-electron chi connectivity index (χ1n) is 5.05. The van der Waals surface area contributed by atoms with Crippen molar-refractivity contribution in [1.29, 1.82) is 0 Å². The van der Waals surface area contributed by atoms with Gasteiger partial charge in [-0.15, -0.1) is 0 Å². The van der Waals surface area contributed by atoms with Gasteiger partial charge < -0.3 is 5.73 Å². The van der Waals surface area contributed by atoms with Crippen molar-refractivity contribution in [3.63, 3.8) is 0 Å². The standard InChI is InChI=1S/C9H19N3O/c1-2-6-12-9(13)4-3-7-11(12)8-5-10/h2-8,10H2,1H3. The van der Waals surface area contributed by atoms with Crippen LogP contribution in [0.2, 0.25) is 0 Å². The van der Waals surface area contributed by atoms with Gasteiger partial charge >= 0.3 is 0 Å². The van der Waals surface area contributed by atoms with Gasteiger partial charge in [0.2, 0.25) is 5.91 Å². The number of amides is 1. The summed E-state index contributed by atoms with van der Waals surface area (Å²) in [6.07, 6.45) is 2.67. The molecule has 1 saturated heterocycles. The molecule has 1 aliphatic rings. The van der Waals surface area contributed by atoms with Gasteiger partial charge in [0.15, 0.2) is 0 Å². The topological polar surface area (TPSA) is 49.6 Å². The van der Waals surface area contributed by atoms with E-state index in [1.165, 1.54) is 0 Å². The summed E-state index contributed by atoms with van der Waals surface area (Å²) in [5.41, 5.74) is 5.48. The molecule has 4 nitrogen and oxygen atoms in total. The van der Waals surface area contributed by atoms with Crippen LogP contribution in [0.15, 0.2) is 0 Å². The van der Waals surface area contributed by atoms with Crippen molar-refractivity contribution < 1.29 is 4.79 Å². The summed E-state index contributed by atoms with van der Waals surface area (Å²) >= 11 is 0. The van der Waals surface area contributed by atoms with Crippen LogP contribution in [0.3, 0.4) is 0 Å². The number of nitrogens with zero attached hydrogens (tertiary/aromatic N) is 2. The summed E-state index contributed by atoms with van der Waals surface area (Å²) in [7, 11) is 0. The molecule has 2 N–H and O–H groups in total. The molecular weight excluding hydrogens is 166 g/mol. The second-order valence-corrected chi connectivity index (χ2v) is 3.36. The third kappa shape index (κ3) is 2.67. The average Bonchev–Trinajstić information content (AvgIpc) is 2.11. The Morgan fingerprint density at radius 1 is 1.46 bits per heavy atom. The SMILES string of the molecule is CCCN1C(=O)CCCN1CCN. The van der Waals surface area contributed by atoms with Crippen molar-refractivity contribution in [2.24, 2.45) is 5.73 Å². The minimum atomic E-state index is 0.251. The number of hydrogen-bond donors (Lipinski definition) is 1. The fourth-order valence-corrected chi connectivity index (χ4v) is 1.68. The molecule has 0 radical (unpaired) electrons. The van der Waals surface area contributed by atoms with E-state index in [1.54, 1.807) is 0 Å². The molecule has 0 aromatic rings. The van der Waals surface area contributed by atoms with E-state index in [9.17, 15) is 4.79 Å². The van der Waals surface area contributed by atoms with Crippen LogP contribution in [0.5, 0.6) is 0 Å². The Hall–Kier alpha value is -0.610. The van der Waals surface area contributed by atoms with Gasteiger partial charge in [0, 0.05) is 32.6 Å². The minimum Gasteiger partial charge on any atom is -0.329 e. The fourth-order valence-electron chi connectivity index (χ4n) is 1.68. The summed E-state index contributed by atoms with van der Waals surface area (Å²) in [4.78, 5) is 11.5. The van der Waals surface area contributed by atoms with E-state index in [4.69, 9.17) is 5.73 Å². The smallest absolute Gasteiger partial charge is 0.236 e. The highest BCUT2D eigenvalue weighted by molar-refractivity contribution is 5.76. The lowest BCUT2D eigenvalue weighted by atomic mass is 10.2. The molecule has 0 unspecified atom stereocenters. The Kier molecular flexibility index (Phi) is 4.18. The van der Waals surface area contributed by atoms with E-state index in [-0.39, 0.29) is 5.91 Å². The zero-order valence-corrected chi connectivity index (χ0v) is 8.33. The highest BCUT2D eigenvalue weighted by atomic mass is 16.2. The molecule has 1 aliphatic heterocycles. The number of hydrogen-bond acceptors (Lipinski definition) is 3. The summed E-state index contributed by atoms with van der Waals surface area (Å²) in [6.45, 7) is 5.31. The monoisotopic (exact) mass is 185 g/mol. The first-order chi connectivity index (χ1) is 6.29. The fraction of sp³-hybridized carbons (Fsp3) is 0.889. The molecule has 0 saturated carbocycles. The number of carbonyl (C=O) groups is 1. The molecule has 13 heavy (non-hydrogen) atoms. The summed E-state index contributed by atoms with van der Waals surface area (Å²) in [6, 6.07) is 0. The second-order valence-electron chi connectivity index (χ2n) is 3.36. The Bertz CT molecular complexity index is 170. The minimum absolute atomic E-state index is 0.251. The maximum Gasteiger partial charge on any atom is 0.236 e. The lowest BCUT2D eigenvalue weighted by molar-refractivity contribution is -0.155. The van der Waals surface area contributed by atoms with Crippen LogP contribution < -0.4 is 5.73 Å². The van der Waals surface area contributed by atoms with Gasteiger partial charge in [-0.25, -0.2) is 5.01 Å². The number of carbonyl (C=O) groups excluding carboxylic acids is 1. The molecule has 76 valence electrons. The molecule has 1 rings (SSSR count). The zero-order valence-electron chi connectivity index (χ0n) is 8.33. The van der Waals surface area contributed by atoms with Gasteiger partial charge in [-0.05, 0) is 12.8 Å². The van der Waals surface area contributed by atoms with Crippen LogP contribution in [0.1, 0.15) is 26.2 Å². The third-order valence-corrected chi connectivity index (χ3v) is 2.26. The summed E-state index contributed by atoms with van der Waals surface area (Å²) < 4.78 is 0. The first kappa shape index (κ1) is 10.5. The summed E-state index contributed by atoms with van der Waals surface area (Å²) in [5.74, 6) is 0.251.